The maximum absolute atomic E-state index is 5.41. The zero-order valence-electron chi connectivity index (χ0n) is 8.16. The molecule has 0 amide bonds. The summed E-state index contributed by atoms with van der Waals surface area (Å²) in [5.74, 6) is 0. The van der Waals surface area contributed by atoms with E-state index >= 15 is 0 Å². The fraction of sp³-hybridized carbons (Fsp3) is 0.364. The van der Waals surface area contributed by atoms with Crippen LogP contribution in [0.3, 0.4) is 0 Å². The highest BCUT2D eigenvalue weighted by Crippen LogP contribution is 2.40. The summed E-state index contributed by atoms with van der Waals surface area (Å²) in [7, 11) is 2.04. The molecule has 0 saturated carbocycles. The van der Waals surface area contributed by atoms with Crippen LogP contribution in [0.4, 0.5) is 5.69 Å². The molecule has 0 aromatic heterocycles. The van der Waals surface area contributed by atoms with Crippen molar-refractivity contribution in [1.82, 2.24) is 0 Å². The van der Waals surface area contributed by atoms with Crippen molar-refractivity contribution in [3.8, 4) is 0 Å². The fourth-order valence-electron chi connectivity index (χ4n) is 1.94. The van der Waals surface area contributed by atoms with Crippen LogP contribution < -0.4 is 4.90 Å². The molecule has 2 heteroatoms. The largest absolute Gasteiger partial charge is 0.338 e. The zero-order valence-corrected chi connectivity index (χ0v) is 8.98. The predicted octanol–water partition coefficient (Wildman–Crippen LogP) is 2.74. The predicted molar refractivity (Wildman–Crippen MR) is 60.5 cm³/mol. The van der Waals surface area contributed by atoms with Crippen LogP contribution in [0.5, 0.6) is 0 Å². The topological polar surface area (TPSA) is 3.24 Å². The van der Waals surface area contributed by atoms with Gasteiger partial charge in [0.15, 0.2) is 0 Å². The second-order valence-electron chi connectivity index (χ2n) is 4.01. The molecule has 0 fully saturated rings. The van der Waals surface area contributed by atoms with E-state index in [0.29, 0.717) is 0 Å². The first-order valence-corrected chi connectivity index (χ1v) is 4.83. The average Bonchev–Trinajstić information content (AvgIpc) is 2.30. The van der Waals surface area contributed by atoms with Crippen LogP contribution in [0.2, 0.25) is 0 Å². The minimum atomic E-state index is 0.0146. The maximum atomic E-state index is 5.41. The summed E-state index contributed by atoms with van der Waals surface area (Å²) in [5.41, 5.74) is 2.60. The van der Waals surface area contributed by atoms with Crippen molar-refractivity contribution in [2.75, 3.05) is 11.9 Å². The van der Waals surface area contributed by atoms with E-state index in [9.17, 15) is 0 Å². The molecule has 0 radical (unpaired) electrons. The lowest BCUT2D eigenvalue weighted by Crippen LogP contribution is -2.31. The molecule has 68 valence electrons. The molecule has 1 aromatic carbocycles. The van der Waals surface area contributed by atoms with Crippen LogP contribution in [0.1, 0.15) is 19.4 Å². The van der Waals surface area contributed by atoms with Gasteiger partial charge in [-0.1, -0.05) is 30.4 Å². The number of hydrogen-bond acceptors (Lipinski definition) is 1. The lowest BCUT2D eigenvalue weighted by atomic mass is 9.87. The van der Waals surface area contributed by atoms with Crippen molar-refractivity contribution < 1.29 is 0 Å². The van der Waals surface area contributed by atoms with Crippen molar-refractivity contribution in [2.24, 2.45) is 0 Å². The minimum Gasteiger partial charge on any atom is -0.338 e. The molecule has 1 heterocycles. The third-order valence-electron chi connectivity index (χ3n) is 2.78. The van der Waals surface area contributed by atoms with Gasteiger partial charge in [-0.15, -0.1) is 0 Å². The third-order valence-corrected chi connectivity index (χ3v) is 3.56. The smallest absolute Gasteiger partial charge is 0.0923 e. The number of rotatable bonds is 0. The first-order valence-electron chi connectivity index (χ1n) is 4.43. The number of hydrogen-bond donors (Lipinski definition) is 0. The number of fused-ring (bicyclic) bond motifs is 1. The molecular weight excluding hydrogens is 178 g/mol. The van der Waals surface area contributed by atoms with Gasteiger partial charge in [-0.25, -0.2) is 0 Å². The minimum absolute atomic E-state index is 0.0146. The zero-order chi connectivity index (χ0) is 9.64. The van der Waals surface area contributed by atoms with Gasteiger partial charge in [0.25, 0.3) is 0 Å². The molecular formula is C11H13NS. The molecule has 0 atom stereocenters. The van der Waals surface area contributed by atoms with Gasteiger partial charge in [-0.3, -0.25) is 0 Å². The number of anilines is 1. The number of para-hydroxylation sites is 1. The van der Waals surface area contributed by atoms with Gasteiger partial charge in [-0.05, 0) is 25.5 Å². The molecule has 13 heavy (non-hydrogen) atoms. The fourth-order valence-corrected chi connectivity index (χ4v) is 2.15. The third kappa shape index (κ3) is 1.02. The van der Waals surface area contributed by atoms with Crippen molar-refractivity contribution in [2.45, 2.75) is 19.3 Å². The van der Waals surface area contributed by atoms with Crippen LogP contribution in [0, 0.1) is 0 Å². The summed E-state index contributed by atoms with van der Waals surface area (Å²) < 4.78 is 0. The van der Waals surface area contributed by atoms with Crippen molar-refractivity contribution in [1.29, 1.82) is 0 Å². The Balaban J connectivity index is 2.68. The molecule has 1 aromatic rings. The Bertz CT molecular complexity index is 368. The highest BCUT2D eigenvalue weighted by atomic mass is 32.1. The lowest BCUT2D eigenvalue weighted by Gasteiger charge is -2.20. The highest BCUT2D eigenvalue weighted by Gasteiger charge is 2.38. The highest BCUT2D eigenvalue weighted by molar-refractivity contribution is 7.80. The second kappa shape index (κ2) is 2.55. The Kier molecular flexibility index (Phi) is 1.70. The molecule has 0 unspecified atom stereocenters. The Morgan fingerprint density at radius 3 is 2.46 bits per heavy atom. The maximum Gasteiger partial charge on any atom is 0.0923 e. The average molecular weight is 191 g/mol. The summed E-state index contributed by atoms with van der Waals surface area (Å²) in [6.07, 6.45) is 0. The SMILES string of the molecule is CN1C(=S)C(C)(C)c2ccccc21. The van der Waals surface area contributed by atoms with Crippen LogP contribution >= 0.6 is 12.2 Å². The van der Waals surface area contributed by atoms with E-state index in [1.165, 1.54) is 11.3 Å². The van der Waals surface area contributed by atoms with E-state index in [2.05, 4.69) is 43.0 Å². The van der Waals surface area contributed by atoms with E-state index in [4.69, 9.17) is 12.2 Å². The molecule has 0 spiro atoms. The lowest BCUT2D eigenvalue weighted by molar-refractivity contribution is 0.744. The molecule has 0 bridgehead atoms. The Morgan fingerprint density at radius 2 is 1.85 bits per heavy atom. The summed E-state index contributed by atoms with van der Waals surface area (Å²) in [6, 6.07) is 8.41. The first kappa shape index (κ1) is 8.70. The monoisotopic (exact) mass is 191 g/mol. The summed E-state index contributed by atoms with van der Waals surface area (Å²) in [4.78, 5) is 3.11. The van der Waals surface area contributed by atoms with Gasteiger partial charge in [0.05, 0.1) is 4.99 Å². The Labute approximate surface area is 84.4 Å². The number of likely N-dealkylation sites (N-methyl/N-ethyl adjacent to an activating group) is 1. The molecule has 0 aliphatic carbocycles. The van der Waals surface area contributed by atoms with Gasteiger partial charge < -0.3 is 4.90 Å². The molecule has 0 saturated heterocycles. The van der Waals surface area contributed by atoms with E-state index < -0.39 is 0 Å². The van der Waals surface area contributed by atoms with Crippen LogP contribution in [0.15, 0.2) is 24.3 Å². The molecule has 1 aliphatic rings. The van der Waals surface area contributed by atoms with Crippen LogP contribution in [-0.2, 0) is 5.41 Å². The van der Waals surface area contributed by atoms with E-state index in [0.717, 1.165) is 4.99 Å². The first-order chi connectivity index (χ1) is 6.05. The number of benzene rings is 1. The molecule has 2 rings (SSSR count). The van der Waals surface area contributed by atoms with E-state index in [-0.39, 0.29) is 5.41 Å². The van der Waals surface area contributed by atoms with E-state index in [1.54, 1.807) is 0 Å². The summed E-state index contributed by atoms with van der Waals surface area (Å²) in [5, 5.41) is 0. The van der Waals surface area contributed by atoms with Crippen LogP contribution in [0.25, 0.3) is 0 Å². The number of thiocarbonyl (C=S) groups is 1. The quantitative estimate of drug-likeness (QED) is 0.580. The Morgan fingerprint density at radius 1 is 1.23 bits per heavy atom. The van der Waals surface area contributed by atoms with Gasteiger partial charge >= 0.3 is 0 Å². The van der Waals surface area contributed by atoms with Crippen LogP contribution in [-0.4, -0.2) is 12.0 Å². The van der Waals surface area contributed by atoms with Crippen molar-refractivity contribution >= 4 is 22.9 Å². The van der Waals surface area contributed by atoms with Gasteiger partial charge in [-0.2, -0.15) is 0 Å². The Hall–Kier alpha value is -0.890. The van der Waals surface area contributed by atoms with Gasteiger partial charge in [0.2, 0.25) is 0 Å². The second-order valence-corrected chi connectivity index (χ2v) is 4.39. The molecule has 1 aliphatic heterocycles. The molecule has 1 nitrogen and oxygen atoms in total. The van der Waals surface area contributed by atoms with Crippen molar-refractivity contribution in [3.05, 3.63) is 29.8 Å². The summed E-state index contributed by atoms with van der Waals surface area (Å²) >= 11 is 5.41. The van der Waals surface area contributed by atoms with Crippen molar-refractivity contribution in [3.63, 3.8) is 0 Å². The van der Waals surface area contributed by atoms with Gasteiger partial charge in [0, 0.05) is 18.2 Å². The standard InChI is InChI=1S/C11H13NS/c1-11(2)8-6-4-5-7-9(8)12(3)10(11)13/h4-7H,1-3H3. The normalized spacial score (nSPS) is 19.0. The summed E-state index contributed by atoms with van der Waals surface area (Å²) in [6.45, 7) is 4.36. The van der Waals surface area contributed by atoms with E-state index in [1.807, 2.05) is 7.05 Å². The number of nitrogens with zero attached hydrogens (tertiary/aromatic N) is 1. The van der Waals surface area contributed by atoms with Gasteiger partial charge in [0.1, 0.15) is 0 Å². The molecule has 0 N–H and O–H groups in total.